The summed E-state index contributed by atoms with van der Waals surface area (Å²) in [5.74, 6) is -0.454. The van der Waals surface area contributed by atoms with Gasteiger partial charge in [-0.1, -0.05) is 29.8 Å². The van der Waals surface area contributed by atoms with Gasteiger partial charge in [-0.05, 0) is 95.0 Å². The molecule has 0 aliphatic heterocycles. The molecular weight excluding hydrogens is 552 g/mol. The maximum atomic E-state index is 13.7. The molecule has 0 saturated heterocycles. The molecular formula is C33H39ClN4O4. The number of nitrogens with zero attached hydrogens (tertiary/aromatic N) is 2. The molecule has 2 heterocycles. The molecule has 9 heteroatoms. The number of carbonyl (C=O) groups excluding carboxylic acids is 1. The zero-order valence-corrected chi connectivity index (χ0v) is 25.7. The highest BCUT2D eigenvalue weighted by Gasteiger charge is 2.28. The Morgan fingerprint density at radius 1 is 1.12 bits per heavy atom. The molecule has 5 rings (SSSR count). The van der Waals surface area contributed by atoms with E-state index in [0.717, 1.165) is 60.9 Å². The molecule has 1 saturated carbocycles. The number of ether oxygens (including phenoxy) is 1. The molecule has 8 nitrogen and oxygen atoms in total. The molecule has 0 radical (unpaired) electrons. The van der Waals surface area contributed by atoms with Crippen molar-refractivity contribution in [2.75, 3.05) is 6.61 Å². The van der Waals surface area contributed by atoms with E-state index in [4.69, 9.17) is 16.3 Å². The molecule has 1 fully saturated rings. The van der Waals surface area contributed by atoms with E-state index in [9.17, 15) is 14.7 Å². The average molecular weight is 591 g/mol. The van der Waals surface area contributed by atoms with Gasteiger partial charge in [-0.15, -0.1) is 0 Å². The Balaban J connectivity index is 1.43. The van der Waals surface area contributed by atoms with Gasteiger partial charge in [-0.25, -0.2) is 0 Å². The van der Waals surface area contributed by atoms with Crippen LogP contribution in [0.25, 0.3) is 22.0 Å². The summed E-state index contributed by atoms with van der Waals surface area (Å²) in [5.41, 5.74) is 8.44. The van der Waals surface area contributed by atoms with Gasteiger partial charge >= 0.3 is 5.97 Å². The number of fused-ring (bicyclic) bond motifs is 1. The van der Waals surface area contributed by atoms with Gasteiger partial charge < -0.3 is 20.1 Å². The molecule has 0 bridgehead atoms. The van der Waals surface area contributed by atoms with E-state index in [-0.39, 0.29) is 17.9 Å². The van der Waals surface area contributed by atoms with Crippen molar-refractivity contribution >= 4 is 34.4 Å². The fraction of sp³-hybridized carbons (Fsp3) is 0.424. The zero-order chi connectivity index (χ0) is 30.1. The highest BCUT2D eigenvalue weighted by atomic mass is 35.5. The van der Waals surface area contributed by atoms with E-state index in [0.29, 0.717) is 50.8 Å². The largest absolute Gasteiger partial charge is 0.494 e. The second-order valence-electron chi connectivity index (χ2n) is 11.6. The minimum Gasteiger partial charge on any atom is -0.494 e. The van der Waals surface area contributed by atoms with Crippen LogP contribution in [-0.4, -0.2) is 44.4 Å². The summed E-state index contributed by atoms with van der Waals surface area (Å²) in [5, 5.41) is 18.9. The standard InChI is InChI=1S/C33H39ClN4O4/c1-18-16-24(17-19(2)29(18)34)42-15-7-10-26-25-8-6-9-27(28-20(3)37-38(5)21(28)4)30(25)36-31(26)32(39)35-23-13-11-22(12-14-23)33(40)41/h6,8-9,16-17,22-23,36H,7,10-15H2,1-5H3,(H,35,39)(H,40,41). The second kappa shape index (κ2) is 12.2. The SMILES string of the molecule is Cc1cc(OCCCc2c(C(=O)NC3CCC(C(=O)O)CC3)[nH]c3c(-c4c(C)nn(C)c4C)cccc23)cc(C)c1Cl. The highest BCUT2D eigenvalue weighted by Crippen LogP contribution is 2.36. The summed E-state index contributed by atoms with van der Waals surface area (Å²) in [6.45, 7) is 8.49. The number of carbonyl (C=O) groups is 2. The third-order valence-corrected chi connectivity index (χ3v) is 9.20. The number of para-hydroxylation sites is 1. The number of aromatic amines is 1. The van der Waals surface area contributed by atoms with E-state index in [1.807, 2.05) is 50.7 Å². The van der Waals surface area contributed by atoms with Crippen molar-refractivity contribution in [2.24, 2.45) is 13.0 Å². The molecule has 222 valence electrons. The first-order valence-electron chi connectivity index (χ1n) is 14.6. The monoisotopic (exact) mass is 590 g/mol. The number of hydrogen-bond acceptors (Lipinski definition) is 4. The first kappa shape index (κ1) is 29.7. The van der Waals surface area contributed by atoms with Crippen molar-refractivity contribution in [1.82, 2.24) is 20.1 Å². The summed E-state index contributed by atoms with van der Waals surface area (Å²) in [4.78, 5) is 28.6. The predicted molar refractivity (Wildman–Crippen MR) is 166 cm³/mol. The smallest absolute Gasteiger partial charge is 0.306 e. The summed E-state index contributed by atoms with van der Waals surface area (Å²) in [7, 11) is 1.94. The van der Waals surface area contributed by atoms with Crippen LogP contribution in [0, 0.1) is 33.6 Å². The van der Waals surface area contributed by atoms with E-state index >= 15 is 0 Å². The fourth-order valence-electron chi connectivity index (χ4n) is 6.27. The number of halogens is 1. The molecule has 0 atom stereocenters. The number of benzene rings is 2. The molecule has 4 aromatic rings. The quantitative estimate of drug-likeness (QED) is 0.185. The van der Waals surface area contributed by atoms with E-state index < -0.39 is 5.97 Å². The number of carboxylic acids is 1. The number of hydrogen-bond donors (Lipinski definition) is 3. The van der Waals surface area contributed by atoms with Gasteiger partial charge in [-0.2, -0.15) is 5.10 Å². The van der Waals surface area contributed by atoms with Crippen LogP contribution in [0.4, 0.5) is 0 Å². The lowest BCUT2D eigenvalue weighted by Gasteiger charge is -2.26. The Hall–Kier alpha value is -3.78. The molecule has 2 aromatic carbocycles. The minimum atomic E-state index is -0.752. The van der Waals surface area contributed by atoms with Gasteiger partial charge in [0.2, 0.25) is 0 Å². The Morgan fingerprint density at radius 2 is 1.81 bits per heavy atom. The molecule has 1 aliphatic carbocycles. The summed E-state index contributed by atoms with van der Waals surface area (Å²) >= 11 is 6.32. The number of nitrogens with one attached hydrogen (secondary N) is 2. The molecule has 2 aromatic heterocycles. The number of aromatic nitrogens is 3. The van der Waals surface area contributed by atoms with E-state index in [1.54, 1.807) is 0 Å². The fourth-order valence-corrected chi connectivity index (χ4v) is 6.38. The van der Waals surface area contributed by atoms with Crippen molar-refractivity contribution in [1.29, 1.82) is 0 Å². The summed E-state index contributed by atoms with van der Waals surface area (Å²) < 4.78 is 7.96. The van der Waals surface area contributed by atoms with Crippen LogP contribution in [0.2, 0.25) is 5.02 Å². The lowest BCUT2D eigenvalue weighted by atomic mass is 9.86. The van der Waals surface area contributed by atoms with Crippen LogP contribution >= 0.6 is 11.6 Å². The van der Waals surface area contributed by atoms with Crippen LogP contribution in [0.15, 0.2) is 30.3 Å². The number of carboxylic acid groups (broad SMARTS) is 1. The van der Waals surface area contributed by atoms with Crippen LogP contribution in [0.3, 0.4) is 0 Å². The maximum Gasteiger partial charge on any atom is 0.306 e. The van der Waals surface area contributed by atoms with Crippen LogP contribution in [0.1, 0.15) is 70.7 Å². The molecule has 1 aliphatic rings. The van der Waals surface area contributed by atoms with Gasteiger partial charge in [0.05, 0.1) is 23.7 Å². The number of H-pyrrole nitrogens is 1. The van der Waals surface area contributed by atoms with Crippen molar-refractivity contribution in [3.05, 3.63) is 69.1 Å². The zero-order valence-electron chi connectivity index (χ0n) is 24.9. The van der Waals surface area contributed by atoms with Crippen LogP contribution in [0.5, 0.6) is 5.75 Å². The Kier molecular flexibility index (Phi) is 8.64. The Labute approximate surface area is 251 Å². The number of aryl methyl sites for hydroxylation is 5. The van der Waals surface area contributed by atoms with Gasteiger partial charge in [0.25, 0.3) is 5.91 Å². The highest BCUT2D eigenvalue weighted by molar-refractivity contribution is 6.32. The van der Waals surface area contributed by atoms with E-state index in [2.05, 4.69) is 34.5 Å². The van der Waals surface area contributed by atoms with Crippen LogP contribution in [-0.2, 0) is 18.3 Å². The first-order valence-corrected chi connectivity index (χ1v) is 15.0. The third-order valence-electron chi connectivity index (χ3n) is 8.61. The third kappa shape index (κ3) is 5.91. The molecule has 1 amide bonds. The van der Waals surface area contributed by atoms with Crippen molar-refractivity contribution in [3.8, 4) is 16.9 Å². The number of aliphatic carboxylic acids is 1. The normalized spacial score (nSPS) is 17.0. The topological polar surface area (TPSA) is 109 Å². The molecule has 0 spiro atoms. The first-order chi connectivity index (χ1) is 20.0. The van der Waals surface area contributed by atoms with Gasteiger partial charge in [0.1, 0.15) is 11.4 Å². The second-order valence-corrected chi connectivity index (χ2v) is 11.9. The van der Waals surface area contributed by atoms with Gasteiger partial charge in [-0.3, -0.25) is 14.3 Å². The van der Waals surface area contributed by atoms with Gasteiger partial charge in [0, 0.05) is 40.3 Å². The van der Waals surface area contributed by atoms with Crippen LogP contribution < -0.4 is 10.1 Å². The molecule has 0 unspecified atom stereocenters. The Morgan fingerprint density at radius 3 is 2.43 bits per heavy atom. The lowest BCUT2D eigenvalue weighted by Crippen LogP contribution is -2.39. The lowest BCUT2D eigenvalue weighted by molar-refractivity contribution is -0.142. The average Bonchev–Trinajstić information content (AvgIpc) is 3.45. The molecule has 3 N–H and O–H groups in total. The number of rotatable bonds is 9. The summed E-state index contributed by atoms with van der Waals surface area (Å²) in [6.07, 6.45) is 3.83. The maximum absolute atomic E-state index is 13.7. The van der Waals surface area contributed by atoms with Crippen molar-refractivity contribution < 1.29 is 19.4 Å². The summed E-state index contributed by atoms with van der Waals surface area (Å²) in [6, 6.07) is 10.0. The molecule has 42 heavy (non-hydrogen) atoms. The minimum absolute atomic E-state index is 0.0469. The van der Waals surface area contributed by atoms with Gasteiger partial charge in [0.15, 0.2) is 0 Å². The Bertz CT molecular complexity index is 1620. The van der Waals surface area contributed by atoms with E-state index in [1.165, 1.54) is 0 Å². The number of amides is 1. The van der Waals surface area contributed by atoms with Crippen molar-refractivity contribution in [2.45, 2.75) is 72.3 Å². The van der Waals surface area contributed by atoms with Crippen molar-refractivity contribution in [3.63, 3.8) is 0 Å². The predicted octanol–water partition coefficient (Wildman–Crippen LogP) is 6.84.